The van der Waals surface area contributed by atoms with E-state index in [2.05, 4.69) is 17.6 Å². The molecule has 3 rings (SSSR count). The van der Waals surface area contributed by atoms with Crippen LogP contribution in [-0.2, 0) is 0 Å². The Morgan fingerprint density at radius 2 is 2.09 bits per heavy atom. The van der Waals surface area contributed by atoms with Crippen LogP contribution >= 0.6 is 12.4 Å². The molecule has 22 heavy (non-hydrogen) atoms. The highest BCUT2D eigenvalue weighted by Gasteiger charge is 2.25. The molecule has 1 saturated heterocycles. The van der Waals surface area contributed by atoms with E-state index in [0.717, 1.165) is 26.1 Å². The van der Waals surface area contributed by atoms with Gasteiger partial charge >= 0.3 is 0 Å². The van der Waals surface area contributed by atoms with Crippen molar-refractivity contribution in [3.8, 4) is 5.75 Å². The van der Waals surface area contributed by atoms with Crippen LogP contribution in [0.4, 0.5) is 0 Å². The van der Waals surface area contributed by atoms with E-state index in [1.54, 1.807) is 0 Å². The van der Waals surface area contributed by atoms with Crippen molar-refractivity contribution < 1.29 is 9.53 Å². The number of amides is 1. The summed E-state index contributed by atoms with van der Waals surface area (Å²) in [5.74, 6) is 1.87. The summed E-state index contributed by atoms with van der Waals surface area (Å²) >= 11 is 0. The molecule has 2 unspecified atom stereocenters. The summed E-state index contributed by atoms with van der Waals surface area (Å²) in [5, 5.41) is 6.49. The maximum absolute atomic E-state index is 12.5. The molecule has 1 amide bonds. The first kappa shape index (κ1) is 17.1. The second kappa shape index (κ2) is 7.84. The molecule has 4 nitrogen and oxygen atoms in total. The molecule has 1 saturated carbocycles. The molecule has 0 bridgehead atoms. The minimum Gasteiger partial charge on any atom is -0.492 e. The lowest BCUT2D eigenvalue weighted by Crippen LogP contribution is -2.50. The third-order valence-electron chi connectivity index (χ3n) is 4.45. The fourth-order valence-electron chi connectivity index (χ4n) is 2.70. The van der Waals surface area contributed by atoms with Gasteiger partial charge in [0.25, 0.3) is 5.91 Å². The van der Waals surface area contributed by atoms with Crippen LogP contribution in [0.1, 0.15) is 36.5 Å². The van der Waals surface area contributed by atoms with Gasteiger partial charge in [0.2, 0.25) is 0 Å². The van der Waals surface area contributed by atoms with Crippen molar-refractivity contribution in [2.45, 2.75) is 32.2 Å². The van der Waals surface area contributed by atoms with Gasteiger partial charge in [-0.2, -0.15) is 0 Å². The number of ether oxygens (including phenoxy) is 1. The molecule has 1 aliphatic heterocycles. The second-order valence-corrected chi connectivity index (χ2v) is 6.30. The Bertz CT molecular complexity index is 505. The summed E-state index contributed by atoms with van der Waals surface area (Å²) in [7, 11) is 0. The van der Waals surface area contributed by atoms with Gasteiger partial charge in [0.15, 0.2) is 0 Å². The Labute approximate surface area is 138 Å². The zero-order chi connectivity index (χ0) is 14.7. The van der Waals surface area contributed by atoms with Gasteiger partial charge in [0.1, 0.15) is 5.75 Å². The molecule has 5 heteroatoms. The Balaban J connectivity index is 0.00000176. The Hall–Kier alpha value is -1.26. The van der Waals surface area contributed by atoms with Crippen LogP contribution in [0.5, 0.6) is 5.75 Å². The highest BCUT2D eigenvalue weighted by molar-refractivity contribution is 5.97. The number of benzene rings is 1. The molecule has 1 aromatic carbocycles. The van der Waals surface area contributed by atoms with Gasteiger partial charge in [-0.3, -0.25) is 4.79 Å². The zero-order valence-corrected chi connectivity index (χ0v) is 13.8. The molecule has 1 aliphatic carbocycles. The normalized spacial score (nSPS) is 24.2. The lowest BCUT2D eigenvalue weighted by molar-refractivity contribution is 0.0911. The molecular formula is C17H25ClN2O2. The standard InChI is InChI=1S/C17H24N2O2.ClH/c1-12-8-9-18-10-15(12)19-17(20)14-4-2-3-5-16(14)21-11-13-6-7-13;/h2-5,12-13,15,18H,6-11H2,1H3,(H,19,20);1H. The van der Waals surface area contributed by atoms with Crippen LogP contribution in [0.3, 0.4) is 0 Å². The van der Waals surface area contributed by atoms with E-state index in [1.807, 2.05) is 24.3 Å². The summed E-state index contributed by atoms with van der Waals surface area (Å²) in [4.78, 5) is 12.5. The number of hydrogen-bond acceptors (Lipinski definition) is 3. The van der Waals surface area contributed by atoms with Gasteiger partial charge in [-0.15, -0.1) is 12.4 Å². The number of nitrogens with one attached hydrogen (secondary N) is 2. The van der Waals surface area contributed by atoms with Crippen LogP contribution < -0.4 is 15.4 Å². The fraction of sp³-hybridized carbons (Fsp3) is 0.588. The summed E-state index contributed by atoms with van der Waals surface area (Å²) in [5.41, 5.74) is 0.649. The average molecular weight is 325 g/mol. The predicted molar refractivity (Wildman–Crippen MR) is 89.8 cm³/mol. The second-order valence-electron chi connectivity index (χ2n) is 6.30. The van der Waals surface area contributed by atoms with Crippen molar-refractivity contribution >= 4 is 18.3 Å². The molecule has 0 radical (unpaired) electrons. The van der Waals surface area contributed by atoms with Crippen molar-refractivity contribution in [1.82, 2.24) is 10.6 Å². The third-order valence-corrected chi connectivity index (χ3v) is 4.45. The van der Waals surface area contributed by atoms with E-state index in [0.29, 0.717) is 23.1 Å². The van der Waals surface area contributed by atoms with Crippen molar-refractivity contribution in [2.24, 2.45) is 11.8 Å². The molecule has 2 aliphatic rings. The first-order valence-electron chi connectivity index (χ1n) is 7.97. The quantitative estimate of drug-likeness (QED) is 0.875. The summed E-state index contributed by atoms with van der Waals surface area (Å²) in [6.07, 6.45) is 3.60. The molecule has 122 valence electrons. The lowest BCUT2D eigenvalue weighted by Gasteiger charge is -2.30. The molecule has 2 fully saturated rings. The van der Waals surface area contributed by atoms with Crippen LogP contribution in [0.25, 0.3) is 0 Å². The molecule has 2 N–H and O–H groups in total. The number of rotatable bonds is 5. The Morgan fingerprint density at radius 3 is 2.82 bits per heavy atom. The number of hydrogen-bond donors (Lipinski definition) is 2. The summed E-state index contributed by atoms with van der Waals surface area (Å²) in [6.45, 7) is 4.81. The number of para-hydroxylation sites is 1. The first-order valence-corrected chi connectivity index (χ1v) is 7.97. The summed E-state index contributed by atoms with van der Waals surface area (Å²) in [6, 6.07) is 7.74. The topological polar surface area (TPSA) is 50.4 Å². The van der Waals surface area contributed by atoms with E-state index in [1.165, 1.54) is 12.8 Å². The van der Waals surface area contributed by atoms with Gasteiger partial charge in [-0.25, -0.2) is 0 Å². The van der Waals surface area contributed by atoms with Crippen LogP contribution in [0.2, 0.25) is 0 Å². The van der Waals surface area contributed by atoms with Crippen LogP contribution in [0, 0.1) is 11.8 Å². The molecule has 1 aromatic rings. The smallest absolute Gasteiger partial charge is 0.255 e. The van der Waals surface area contributed by atoms with Crippen molar-refractivity contribution in [3.63, 3.8) is 0 Å². The maximum Gasteiger partial charge on any atom is 0.255 e. The number of halogens is 1. The SMILES string of the molecule is CC1CCNCC1NC(=O)c1ccccc1OCC1CC1.Cl. The average Bonchev–Trinajstić information content (AvgIpc) is 3.32. The van der Waals surface area contributed by atoms with Gasteiger partial charge < -0.3 is 15.4 Å². The van der Waals surface area contributed by atoms with E-state index in [9.17, 15) is 4.79 Å². The molecular weight excluding hydrogens is 300 g/mol. The first-order chi connectivity index (χ1) is 10.2. The van der Waals surface area contributed by atoms with Crippen LogP contribution in [-0.4, -0.2) is 31.6 Å². The maximum atomic E-state index is 12.5. The Kier molecular flexibility index (Phi) is 6.09. The lowest BCUT2D eigenvalue weighted by atomic mass is 9.94. The molecule has 2 atom stereocenters. The minimum atomic E-state index is -0.0260. The highest BCUT2D eigenvalue weighted by atomic mass is 35.5. The van der Waals surface area contributed by atoms with Gasteiger partial charge in [-0.05, 0) is 49.8 Å². The number of piperidine rings is 1. The fourth-order valence-corrected chi connectivity index (χ4v) is 2.70. The third kappa shape index (κ3) is 4.37. The van der Waals surface area contributed by atoms with Crippen LogP contribution in [0.15, 0.2) is 24.3 Å². The number of carbonyl (C=O) groups excluding carboxylic acids is 1. The van der Waals surface area contributed by atoms with E-state index in [-0.39, 0.29) is 24.4 Å². The molecule has 0 aromatic heterocycles. The Morgan fingerprint density at radius 1 is 1.32 bits per heavy atom. The number of carbonyl (C=O) groups is 1. The van der Waals surface area contributed by atoms with Crippen molar-refractivity contribution in [3.05, 3.63) is 29.8 Å². The van der Waals surface area contributed by atoms with E-state index in [4.69, 9.17) is 4.74 Å². The largest absolute Gasteiger partial charge is 0.492 e. The van der Waals surface area contributed by atoms with Crippen molar-refractivity contribution in [1.29, 1.82) is 0 Å². The summed E-state index contributed by atoms with van der Waals surface area (Å²) < 4.78 is 5.82. The predicted octanol–water partition coefficient (Wildman–Crippen LogP) is 2.63. The van der Waals surface area contributed by atoms with Crippen molar-refractivity contribution in [2.75, 3.05) is 19.7 Å². The van der Waals surface area contributed by atoms with Gasteiger partial charge in [0.05, 0.1) is 12.2 Å². The highest BCUT2D eigenvalue weighted by Crippen LogP contribution is 2.30. The minimum absolute atomic E-state index is 0. The van der Waals surface area contributed by atoms with E-state index < -0.39 is 0 Å². The van der Waals surface area contributed by atoms with E-state index >= 15 is 0 Å². The molecule has 1 heterocycles. The van der Waals surface area contributed by atoms with Gasteiger partial charge in [-0.1, -0.05) is 19.1 Å². The molecule has 0 spiro atoms. The zero-order valence-electron chi connectivity index (χ0n) is 13.0. The monoisotopic (exact) mass is 324 g/mol. The van der Waals surface area contributed by atoms with Gasteiger partial charge in [0, 0.05) is 12.6 Å².